The first-order valence-electron chi connectivity index (χ1n) is 6.68. The van der Waals surface area contributed by atoms with E-state index in [-0.39, 0.29) is 0 Å². The van der Waals surface area contributed by atoms with Crippen molar-refractivity contribution in [3.8, 4) is 11.4 Å². The van der Waals surface area contributed by atoms with Crippen LogP contribution in [0.4, 0.5) is 0 Å². The van der Waals surface area contributed by atoms with E-state index >= 15 is 0 Å². The molecule has 2 heterocycles. The second-order valence-electron chi connectivity index (χ2n) is 4.82. The van der Waals surface area contributed by atoms with Crippen LogP contribution in [0.25, 0.3) is 11.4 Å². The number of hydrogen-bond donors (Lipinski definition) is 1. The molecule has 2 aromatic heterocycles. The molecule has 108 valence electrons. The van der Waals surface area contributed by atoms with Gasteiger partial charge in [0.2, 0.25) is 11.7 Å². The van der Waals surface area contributed by atoms with Crippen molar-refractivity contribution < 1.29 is 4.52 Å². The summed E-state index contributed by atoms with van der Waals surface area (Å²) >= 11 is 0. The zero-order valence-corrected chi connectivity index (χ0v) is 11.9. The minimum Gasteiger partial charge on any atom is -0.337 e. The Labute approximate surface area is 122 Å². The molecule has 7 nitrogen and oxygen atoms in total. The van der Waals surface area contributed by atoms with Crippen LogP contribution >= 0.6 is 0 Å². The van der Waals surface area contributed by atoms with Gasteiger partial charge in [0.1, 0.15) is 6.54 Å². The summed E-state index contributed by atoms with van der Waals surface area (Å²) in [4.78, 5) is 4.38. The lowest BCUT2D eigenvalue weighted by molar-refractivity contribution is 0.364. The highest BCUT2D eigenvalue weighted by molar-refractivity contribution is 5.54. The molecule has 0 aliphatic rings. The average molecular weight is 284 g/mol. The molecule has 3 rings (SSSR count). The van der Waals surface area contributed by atoms with Crippen molar-refractivity contribution in [1.82, 2.24) is 30.5 Å². The highest BCUT2D eigenvalue weighted by Crippen LogP contribution is 2.16. The Morgan fingerprint density at radius 2 is 2.05 bits per heavy atom. The van der Waals surface area contributed by atoms with E-state index in [4.69, 9.17) is 4.52 Å². The van der Waals surface area contributed by atoms with Crippen LogP contribution in [0.3, 0.4) is 0 Å². The molecule has 0 amide bonds. The molecule has 0 saturated carbocycles. The van der Waals surface area contributed by atoms with Gasteiger partial charge in [-0.2, -0.15) is 4.98 Å². The van der Waals surface area contributed by atoms with Crippen molar-refractivity contribution in [3.63, 3.8) is 0 Å². The summed E-state index contributed by atoms with van der Waals surface area (Å²) in [6.45, 7) is 3.13. The number of benzene rings is 1. The van der Waals surface area contributed by atoms with Crippen molar-refractivity contribution in [3.05, 3.63) is 47.6 Å². The number of aryl methyl sites for hydroxylation is 1. The van der Waals surface area contributed by atoms with E-state index in [0.717, 1.165) is 11.3 Å². The van der Waals surface area contributed by atoms with Crippen molar-refractivity contribution in [2.45, 2.75) is 20.0 Å². The summed E-state index contributed by atoms with van der Waals surface area (Å²) < 4.78 is 6.94. The Hall–Kier alpha value is -2.54. The molecular formula is C14H16N6O. The molecular weight excluding hydrogens is 268 g/mol. The number of nitrogens with zero attached hydrogens (tertiary/aromatic N) is 5. The zero-order chi connectivity index (χ0) is 14.7. The fourth-order valence-electron chi connectivity index (χ4n) is 1.96. The lowest BCUT2D eigenvalue weighted by Crippen LogP contribution is -2.05. The van der Waals surface area contributed by atoms with Crippen molar-refractivity contribution in [2.75, 3.05) is 7.05 Å². The van der Waals surface area contributed by atoms with Crippen LogP contribution in [0.15, 0.2) is 35.0 Å². The molecule has 0 atom stereocenters. The van der Waals surface area contributed by atoms with Gasteiger partial charge in [-0.3, -0.25) is 0 Å². The molecule has 7 heteroatoms. The lowest BCUT2D eigenvalue weighted by atomic mass is 10.1. The van der Waals surface area contributed by atoms with E-state index in [1.165, 1.54) is 5.56 Å². The van der Waals surface area contributed by atoms with Gasteiger partial charge < -0.3 is 9.84 Å². The summed E-state index contributed by atoms with van der Waals surface area (Å²) in [7, 11) is 1.87. The Morgan fingerprint density at radius 1 is 1.24 bits per heavy atom. The van der Waals surface area contributed by atoms with E-state index in [1.54, 1.807) is 4.68 Å². The molecule has 0 aliphatic heterocycles. The van der Waals surface area contributed by atoms with Crippen molar-refractivity contribution >= 4 is 0 Å². The van der Waals surface area contributed by atoms with Crippen LogP contribution in [-0.4, -0.2) is 32.2 Å². The molecule has 0 radical (unpaired) electrons. The van der Waals surface area contributed by atoms with Crippen LogP contribution in [0, 0.1) is 6.92 Å². The van der Waals surface area contributed by atoms with Gasteiger partial charge in [-0.25, -0.2) is 4.68 Å². The normalized spacial score (nSPS) is 11.0. The minimum atomic E-state index is 0.412. The third kappa shape index (κ3) is 3.14. The number of hydrogen-bond acceptors (Lipinski definition) is 6. The van der Waals surface area contributed by atoms with E-state index in [1.807, 2.05) is 44.4 Å². The standard InChI is InChI=1S/C14H16N6O/c1-10-3-5-11(6-4-10)14-16-13(21-18-14)9-20-8-12(7-15-2)17-19-20/h3-6,8,15H,7,9H2,1-2H3. The molecule has 1 aromatic carbocycles. The number of nitrogens with one attached hydrogen (secondary N) is 1. The van der Waals surface area contributed by atoms with Gasteiger partial charge in [0, 0.05) is 12.1 Å². The highest BCUT2D eigenvalue weighted by Gasteiger charge is 2.10. The van der Waals surface area contributed by atoms with Gasteiger partial charge in [0.25, 0.3) is 0 Å². The largest absolute Gasteiger partial charge is 0.337 e. The van der Waals surface area contributed by atoms with Gasteiger partial charge in [-0.1, -0.05) is 40.2 Å². The van der Waals surface area contributed by atoms with Gasteiger partial charge in [-0.15, -0.1) is 5.10 Å². The maximum atomic E-state index is 5.26. The zero-order valence-electron chi connectivity index (χ0n) is 11.9. The molecule has 1 N–H and O–H groups in total. The van der Waals surface area contributed by atoms with Gasteiger partial charge in [-0.05, 0) is 14.0 Å². The Balaban J connectivity index is 1.73. The SMILES string of the molecule is CNCc1cn(Cc2nc(-c3ccc(C)cc3)no2)nn1. The van der Waals surface area contributed by atoms with Crippen molar-refractivity contribution in [1.29, 1.82) is 0 Å². The molecule has 0 spiro atoms. The molecule has 0 fully saturated rings. The molecule has 0 saturated heterocycles. The smallest absolute Gasteiger partial charge is 0.248 e. The first-order chi connectivity index (χ1) is 10.2. The molecule has 0 aliphatic carbocycles. The molecule has 0 unspecified atom stereocenters. The first-order valence-corrected chi connectivity index (χ1v) is 6.68. The van der Waals surface area contributed by atoms with Crippen LogP contribution in [0.2, 0.25) is 0 Å². The predicted octanol–water partition coefficient (Wildman–Crippen LogP) is 1.40. The Morgan fingerprint density at radius 3 is 2.81 bits per heavy atom. The first kappa shape index (κ1) is 13.4. The monoisotopic (exact) mass is 284 g/mol. The van der Waals surface area contributed by atoms with Crippen molar-refractivity contribution in [2.24, 2.45) is 0 Å². The van der Waals surface area contributed by atoms with Gasteiger partial charge in [0.15, 0.2) is 0 Å². The highest BCUT2D eigenvalue weighted by atomic mass is 16.5. The third-order valence-corrected chi connectivity index (χ3v) is 3.02. The Kier molecular flexibility index (Phi) is 3.74. The van der Waals surface area contributed by atoms with Gasteiger partial charge in [0.05, 0.1) is 11.9 Å². The number of aromatic nitrogens is 5. The summed E-state index contributed by atoms with van der Waals surface area (Å²) in [5.74, 6) is 1.09. The summed E-state index contributed by atoms with van der Waals surface area (Å²) in [6.07, 6.45) is 1.85. The summed E-state index contributed by atoms with van der Waals surface area (Å²) in [5.41, 5.74) is 3.00. The second kappa shape index (κ2) is 5.84. The fraction of sp³-hybridized carbons (Fsp3) is 0.286. The van der Waals surface area contributed by atoms with Crippen LogP contribution in [-0.2, 0) is 13.1 Å². The molecule has 3 aromatic rings. The summed E-state index contributed by atoms with van der Waals surface area (Å²) in [5, 5.41) is 15.1. The second-order valence-corrected chi connectivity index (χ2v) is 4.82. The maximum Gasteiger partial charge on any atom is 0.248 e. The predicted molar refractivity (Wildman–Crippen MR) is 76.4 cm³/mol. The minimum absolute atomic E-state index is 0.412. The average Bonchev–Trinajstić information content (AvgIpc) is 3.11. The van der Waals surface area contributed by atoms with E-state index in [2.05, 4.69) is 25.8 Å². The summed E-state index contributed by atoms with van der Waals surface area (Å²) in [6, 6.07) is 7.99. The van der Waals surface area contributed by atoms with Crippen LogP contribution in [0.1, 0.15) is 17.1 Å². The van der Waals surface area contributed by atoms with Crippen LogP contribution in [0.5, 0.6) is 0 Å². The maximum absolute atomic E-state index is 5.26. The van der Waals surface area contributed by atoms with E-state index in [0.29, 0.717) is 24.8 Å². The topological polar surface area (TPSA) is 81.7 Å². The quantitative estimate of drug-likeness (QED) is 0.762. The number of rotatable bonds is 5. The fourth-order valence-corrected chi connectivity index (χ4v) is 1.96. The molecule has 0 bridgehead atoms. The third-order valence-electron chi connectivity index (χ3n) is 3.02. The van der Waals surface area contributed by atoms with Crippen LogP contribution < -0.4 is 5.32 Å². The van der Waals surface area contributed by atoms with Gasteiger partial charge >= 0.3 is 0 Å². The van der Waals surface area contributed by atoms with E-state index < -0.39 is 0 Å². The molecule has 21 heavy (non-hydrogen) atoms. The lowest BCUT2D eigenvalue weighted by Gasteiger charge is -1.95. The Bertz CT molecular complexity index is 715. The van der Waals surface area contributed by atoms with E-state index in [9.17, 15) is 0 Å².